The summed E-state index contributed by atoms with van der Waals surface area (Å²) >= 11 is 0. The molecule has 1 saturated carbocycles. The number of hydrogen-bond donors (Lipinski definition) is 3. The predicted molar refractivity (Wildman–Crippen MR) is 58.0 cm³/mol. The van der Waals surface area contributed by atoms with Crippen LogP contribution in [-0.4, -0.2) is 34.7 Å². The second kappa shape index (κ2) is 7.65. The average molecular weight is 261 g/mol. The predicted octanol–water partition coefficient (Wildman–Crippen LogP) is -1.81. The highest BCUT2D eigenvalue weighted by molar-refractivity contribution is 5.77. The van der Waals surface area contributed by atoms with E-state index in [0.717, 1.165) is 6.54 Å². The molecule has 7 nitrogen and oxygen atoms in total. The van der Waals surface area contributed by atoms with Crippen molar-refractivity contribution >= 4 is 17.9 Å². The summed E-state index contributed by atoms with van der Waals surface area (Å²) in [6, 6.07) is 0. The van der Waals surface area contributed by atoms with Crippen LogP contribution in [-0.2, 0) is 14.4 Å². The normalized spacial score (nSPS) is 26.7. The monoisotopic (exact) mass is 261 g/mol. The smallest absolute Gasteiger partial charge is 0.306 e. The van der Waals surface area contributed by atoms with Gasteiger partial charge in [-0.25, -0.2) is 0 Å². The fourth-order valence-corrected chi connectivity index (χ4v) is 1.91. The Morgan fingerprint density at radius 3 is 1.56 bits per heavy atom. The molecule has 7 heteroatoms. The third-order valence-corrected chi connectivity index (χ3v) is 2.74. The molecule has 0 aliphatic heterocycles. The second-order valence-corrected chi connectivity index (χ2v) is 4.29. The summed E-state index contributed by atoms with van der Waals surface area (Å²) in [5.41, 5.74) is 3.49. The Bertz CT molecular complexity index is 263. The van der Waals surface area contributed by atoms with Gasteiger partial charge in [0.05, 0.1) is 18.4 Å². The summed E-state index contributed by atoms with van der Waals surface area (Å²) in [5, 5.41) is 28.1. The molecule has 1 aliphatic rings. The molecule has 0 amide bonds. The quantitative estimate of drug-likeness (QED) is 0.546. The zero-order chi connectivity index (χ0) is 14.3. The molecule has 5 N–H and O–H groups in total. The lowest BCUT2D eigenvalue weighted by Crippen LogP contribution is -2.48. The molecule has 1 aliphatic carbocycles. The van der Waals surface area contributed by atoms with Crippen LogP contribution in [0.15, 0.2) is 0 Å². The van der Waals surface area contributed by atoms with Crippen LogP contribution in [0.4, 0.5) is 0 Å². The molecule has 0 saturated heterocycles. The summed E-state index contributed by atoms with van der Waals surface area (Å²) in [6.45, 7) is 3.01. The molecule has 0 spiro atoms. The molecule has 0 aromatic carbocycles. The Labute approximate surface area is 105 Å². The Morgan fingerprint density at radius 1 is 1.06 bits per heavy atom. The Morgan fingerprint density at radius 2 is 1.33 bits per heavy atom. The van der Waals surface area contributed by atoms with E-state index in [9.17, 15) is 19.5 Å². The lowest BCUT2D eigenvalue weighted by atomic mass is 9.75. The van der Waals surface area contributed by atoms with Gasteiger partial charge in [0, 0.05) is 11.9 Å². The number of carbonyl (C=O) groups is 3. The summed E-state index contributed by atoms with van der Waals surface area (Å²) in [6.07, 6.45) is -0.0860. The molecule has 0 aromatic heterocycles. The molecule has 0 bridgehead atoms. The molecule has 0 heterocycles. The molecule has 104 valence electrons. The maximum atomic E-state index is 10.7. The highest BCUT2D eigenvalue weighted by Crippen LogP contribution is 2.33. The van der Waals surface area contributed by atoms with E-state index in [1.807, 2.05) is 6.92 Å². The van der Waals surface area contributed by atoms with Crippen LogP contribution in [0.25, 0.3) is 0 Å². The van der Waals surface area contributed by atoms with Crippen molar-refractivity contribution < 1.29 is 35.4 Å². The van der Waals surface area contributed by atoms with Gasteiger partial charge in [0.2, 0.25) is 0 Å². The third kappa shape index (κ3) is 5.13. The number of rotatable bonds is 3. The van der Waals surface area contributed by atoms with E-state index in [2.05, 4.69) is 5.73 Å². The molecule has 1 unspecified atom stereocenters. The first kappa shape index (κ1) is 16.4. The second-order valence-electron chi connectivity index (χ2n) is 4.29. The minimum atomic E-state index is -1.37. The highest BCUT2D eigenvalue weighted by atomic mass is 16.4. The number of quaternary nitrogens is 1. The first-order valence-corrected chi connectivity index (χ1v) is 5.79. The summed E-state index contributed by atoms with van der Waals surface area (Å²) < 4.78 is 0. The van der Waals surface area contributed by atoms with E-state index in [-0.39, 0.29) is 19.3 Å². The van der Waals surface area contributed by atoms with Crippen LogP contribution in [0.2, 0.25) is 0 Å². The SMILES string of the molecule is CC[NH3+].O=C([O-])C1C[C@@H](C(=O)O)C[C@@H](C(=O)O)C1. The van der Waals surface area contributed by atoms with Gasteiger partial charge in [0.15, 0.2) is 0 Å². The minimum Gasteiger partial charge on any atom is -0.550 e. The van der Waals surface area contributed by atoms with E-state index < -0.39 is 35.7 Å². The van der Waals surface area contributed by atoms with Gasteiger partial charge in [0.25, 0.3) is 0 Å². The molecular weight excluding hydrogens is 242 g/mol. The number of hydrogen-bond acceptors (Lipinski definition) is 4. The largest absolute Gasteiger partial charge is 0.550 e. The molecule has 1 fully saturated rings. The maximum Gasteiger partial charge on any atom is 0.306 e. The van der Waals surface area contributed by atoms with E-state index in [1.54, 1.807) is 0 Å². The minimum absolute atomic E-state index is 0.00551. The van der Waals surface area contributed by atoms with Gasteiger partial charge in [0.1, 0.15) is 0 Å². The van der Waals surface area contributed by atoms with Crippen LogP contribution in [0.3, 0.4) is 0 Å². The maximum absolute atomic E-state index is 10.7. The molecule has 0 radical (unpaired) electrons. The van der Waals surface area contributed by atoms with Crippen molar-refractivity contribution in [2.24, 2.45) is 17.8 Å². The fraction of sp³-hybridized carbons (Fsp3) is 0.727. The standard InChI is InChI=1S/C9H12O6.C2H7N/c10-7(11)4-1-5(8(12)13)3-6(2-4)9(14)15;1-2-3/h4-6H,1-3H2,(H,10,11)(H,12,13)(H,14,15);2-3H2,1H3. The van der Waals surface area contributed by atoms with E-state index in [1.165, 1.54) is 0 Å². The third-order valence-electron chi connectivity index (χ3n) is 2.74. The number of carbonyl (C=O) groups excluding carboxylic acids is 1. The van der Waals surface area contributed by atoms with Gasteiger partial charge in [-0.2, -0.15) is 0 Å². The van der Waals surface area contributed by atoms with Gasteiger partial charge in [-0.1, -0.05) is 0 Å². The highest BCUT2D eigenvalue weighted by Gasteiger charge is 2.36. The number of carboxylic acids is 3. The van der Waals surface area contributed by atoms with Gasteiger partial charge in [-0.05, 0) is 26.2 Å². The number of aliphatic carboxylic acids is 3. The first-order valence-electron chi connectivity index (χ1n) is 5.79. The van der Waals surface area contributed by atoms with Crippen molar-refractivity contribution in [3.05, 3.63) is 0 Å². The zero-order valence-corrected chi connectivity index (χ0v) is 10.3. The van der Waals surface area contributed by atoms with Gasteiger partial charge in [-0.15, -0.1) is 0 Å². The average Bonchev–Trinajstić information content (AvgIpc) is 2.29. The summed E-state index contributed by atoms with van der Waals surface area (Å²) in [5.74, 6) is -6.43. The molecule has 18 heavy (non-hydrogen) atoms. The summed E-state index contributed by atoms with van der Waals surface area (Å²) in [4.78, 5) is 32.0. The lowest BCUT2D eigenvalue weighted by Gasteiger charge is -2.31. The Balaban J connectivity index is 0.000000873. The van der Waals surface area contributed by atoms with E-state index in [4.69, 9.17) is 10.2 Å². The van der Waals surface area contributed by atoms with E-state index in [0.29, 0.717) is 0 Å². The van der Waals surface area contributed by atoms with Crippen molar-refractivity contribution in [3.63, 3.8) is 0 Å². The van der Waals surface area contributed by atoms with Crippen molar-refractivity contribution in [3.8, 4) is 0 Å². The molecule has 0 aromatic rings. The van der Waals surface area contributed by atoms with E-state index >= 15 is 0 Å². The van der Waals surface area contributed by atoms with Crippen molar-refractivity contribution in [2.75, 3.05) is 6.54 Å². The van der Waals surface area contributed by atoms with Crippen LogP contribution in [0.1, 0.15) is 26.2 Å². The topological polar surface area (TPSA) is 142 Å². The van der Waals surface area contributed by atoms with Gasteiger partial charge < -0.3 is 25.8 Å². The van der Waals surface area contributed by atoms with Crippen LogP contribution < -0.4 is 10.8 Å². The Kier molecular flexibility index (Phi) is 6.96. The van der Waals surface area contributed by atoms with Crippen molar-refractivity contribution in [2.45, 2.75) is 26.2 Å². The molecular formula is C11H19NO6. The molecule has 3 atom stereocenters. The Hall–Kier alpha value is -1.63. The van der Waals surface area contributed by atoms with Crippen LogP contribution in [0, 0.1) is 17.8 Å². The first-order chi connectivity index (χ1) is 8.33. The van der Waals surface area contributed by atoms with Crippen LogP contribution >= 0.6 is 0 Å². The zero-order valence-electron chi connectivity index (χ0n) is 10.3. The van der Waals surface area contributed by atoms with Gasteiger partial charge in [-0.3, -0.25) is 9.59 Å². The van der Waals surface area contributed by atoms with Crippen molar-refractivity contribution in [1.29, 1.82) is 0 Å². The molecule has 1 rings (SSSR count). The van der Waals surface area contributed by atoms with Gasteiger partial charge >= 0.3 is 11.9 Å². The van der Waals surface area contributed by atoms with Crippen molar-refractivity contribution in [1.82, 2.24) is 0 Å². The fourth-order valence-electron chi connectivity index (χ4n) is 1.91. The number of carboxylic acid groups (broad SMARTS) is 3. The summed E-state index contributed by atoms with van der Waals surface area (Å²) in [7, 11) is 0. The van der Waals surface area contributed by atoms with Crippen LogP contribution in [0.5, 0.6) is 0 Å². The lowest BCUT2D eigenvalue weighted by molar-refractivity contribution is -0.361.